The Kier molecular flexibility index (Phi) is 5.84. The van der Waals surface area contributed by atoms with E-state index in [2.05, 4.69) is 12.2 Å². The van der Waals surface area contributed by atoms with Gasteiger partial charge in [-0.1, -0.05) is 25.8 Å². The maximum Gasteiger partial charge on any atom is 0.129 e. The van der Waals surface area contributed by atoms with E-state index in [4.69, 9.17) is 4.74 Å². The highest BCUT2D eigenvalue weighted by Crippen LogP contribution is 2.24. The Morgan fingerprint density at radius 2 is 2.05 bits per heavy atom. The molecule has 1 saturated carbocycles. The van der Waals surface area contributed by atoms with Gasteiger partial charge in [0.15, 0.2) is 0 Å². The van der Waals surface area contributed by atoms with Crippen LogP contribution in [0.2, 0.25) is 0 Å². The Hall–Kier alpha value is -1.09. The van der Waals surface area contributed by atoms with Crippen molar-refractivity contribution in [2.45, 2.75) is 64.5 Å². The van der Waals surface area contributed by atoms with E-state index in [0.29, 0.717) is 17.4 Å². The van der Waals surface area contributed by atoms with Gasteiger partial charge in [-0.3, -0.25) is 0 Å². The first-order valence-electron chi connectivity index (χ1n) is 7.87. The molecule has 2 rings (SSSR count). The van der Waals surface area contributed by atoms with Crippen molar-refractivity contribution in [1.82, 2.24) is 5.32 Å². The first-order valence-corrected chi connectivity index (χ1v) is 7.87. The molecule has 2 atom stereocenters. The van der Waals surface area contributed by atoms with Crippen molar-refractivity contribution in [2.24, 2.45) is 0 Å². The third-order valence-electron chi connectivity index (χ3n) is 4.04. The van der Waals surface area contributed by atoms with Crippen LogP contribution in [0, 0.1) is 12.7 Å². The number of rotatable bonds is 5. The summed E-state index contributed by atoms with van der Waals surface area (Å²) in [7, 11) is 0. The van der Waals surface area contributed by atoms with Crippen molar-refractivity contribution in [3.63, 3.8) is 0 Å². The minimum Gasteiger partial charge on any atom is -0.489 e. The van der Waals surface area contributed by atoms with Gasteiger partial charge >= 0.3 is 0 Å². The molecule has 1 aromatic carbocycles. The Morgan fingerprint density at radius 1 is 1.25 bits per heavy atom. The van der Waals surface area contributed by atoms with Gasteiger partial charge in [-0.15, -0.1) is 0 Å². The molecule has 20 heavy (non-hydrogen) atoms. The van der Waals surface area contributed by atoms with E-state index < -0.39 is 0 Å². The van der Waals surface area contributed by atoms with Crippen LogP contribution in [0.25, 0.3) is 0 Å². The maximum absolute atomic E-state index is 13.6. The van der Waals surface area contributed by atoms with Gasteiger partial charge in [-0.05, 0) is 50.8 Å². The summed E-state index contributed by atoms with van der Waals surface area (Å²) in [6.07, 6.45) is 7.21. The van der Waals surface area contributed by atoms with E-state index in [1.165, 1.54) is 25.3 Å². The SMILES string of the molecule is CCCNC1CCCCCC1Oc1ccc(C)c(F)c1. The number of hydrogen-bond donors (Lipinski definition) is 1. The van der Waals surface area contributed by atoms with Crippen LogP contribution in [0.4, 0.5) is 4.39 Å². The molecule has 0 heterocycles. The van der Waals surface area contributed by atoms with Crippen LogP contribution in [0.15, 0.2) is 18.2 Å². The monoisotopic (exact) mass is 279 g/mol. The smallest absolute Gasteiger partial charge is 0.129 e. The highest BCUT2D eigenvalue weighted by atomic mass is 19.1. The van der Waals surface area contributed by atoms with Crippen molar-refractivity contribution in [3.8, 4) is 5.75 Å². The molecule has 112 valence electrons. The number of hydrogen-bond acceptors (Lipinski definition) is 2. The van der Waals surface area contributed by atoms with Gasteiger partial charge in [0, 0.05) is 12.1 Å². The summed E-state index contributed by atoms with van der Waals surface area (Å²) in [6, 6.07) is 5.56. The van der Waals surface area contributed by atoms with Gasteiger partial charge in [0.05, 0.1) is 0 Å². The second-order valence-corrected chi connectivity index (χ2v) is 5.77. The fourth-order valence-corrected chi connectivity index (χ4v) is 2.80. The quantitative estimate of drug-likeness (QED) is 0.815. The Bertz CT molecular complexity index is 421. The van der Waals surface area contributed by atoms with Gasteiger partial charge < -0.3 is 10.1 Å². The van der Waals surface area contributed by atoms with E-state index in [1.807, 2.05) is 6.07 Å². The molecular weight excluding hydrogens is 253 g/mol. The second kappa shape index (κ2) is 7.63. The molecule has 3 heteroatoms. The molecule has 1 aliphatic rings. The summed E-state index contributed by atoms with van der Waals surface area (Å²) in [4.78, 5) is 0. The number of benzene rings is 1. The van der Waals surface area contributed by atoms with E-state index in [9.17, 15) is 4.39 Å². The summed E-state index contributed by atoms with van der Waals surface area (Å²) in [5.74, 6) is 0.470. The molecule has 1 N–H and O–H groups in total. The summed E-state index contributed by atoms with van der Waals surface area (Å²) >= 11 is 0. The Morgan fingerprint density at radius 3 is 2.80 bits per heavy atom. The van der Waals surface area contributed by atoms with Crippen LogP contribution < -0.4 is 10.1 Å². The molecule has 2 unspecified atom stereocenters. The molecule has 1 aromatic rings. The van der Waals surface area contributed by atoms with Gasteiger partial charge in [-0.25, -0.2) is 4.39 Å². The number of aryl methyl sites for hydroxylation is 1. The lowest BCUT2D eigenvalue weighted by Crippen LogP contribution is -2.42. The summed E-state index contributed by atoms with van der Waals surface area (Å²) in [5.41, 5.74) is 0.666. The Balaban J connectivity index is 2.03. The van der Waals surface area contributed by atoms with Crippen LogP contribution in [0.5, 0.6) is 5.75 Å². The predicted octanol–water partition coefficient (Wildman–Crippen LogP) is 4.21. The van der Waals surface area contributed by atoms with Gasteiger partial charge in [0.2, 0.25) is 0 Å². The average Bonchev–Trinajstić information content (AvgIpc) is 2.66. The van der Waals surface area contributed by atoms with Gasteiger partial charge in [0.1, 0.15) is 17.7 Å². The first kappa shape index (κ1) is 15.3. The maximum atomic E-state index is 13.6. The highest BCUT2D eigenvalue weighted by Gasteiger charge is 2.24. The third kappa shape index (κ3) is 4.20. The molecule has 0 aromatic heterocycles. The first-order chi connectivity index (χ1) is 9.70. The molecule has 1 aliphatic carbocycles. The van der Waals surface area contributed by atoms with Crippen LogP contribution in [0.1, 0.15) is 51.0 Å². The third-order valence-corrected chi connectivity index (χ3v) is 4.04. The summed E-state index contributed by atoms with van der Waals surface area (Å²) < 4.78 is 19.7. The lowest BCUT2D eigenvalue weighted by molar-refractivity contribution is 0.144. The van der Waals surface area contributed by atoms with Crippen molar-refractivity contribution in [3.05, 3.63) is 29.6 Å². The molecule has 1 fully saturated rings. The fraction of sp³-hybridized carbons (Fsp3) is 0.647. The van der Waals surface area contributed by atoms with E-state index >= 15 is 0 Å². The minimum absolute atomic E-state index is 0.158. The van der Waals surface area contributed by atoms with Crippen molar-refractivity contribution in [2.75, 3.05) is 6.54 Å². The standard InChI is InChI=1S/C17H26FNO/c1-3-11-19-16-7-5-4-6-8-17(16)20-14-10-9-13(2)15(18)12-14/h9-10,12,16-17,19H,3-8,11H2,1-2H3. The minimum atomic E-state index is -0.186. The highest BCUT2D eigenvalue weighted by molar-refractivity contribution is 5.28. The van der Waals surface area contributed by atoms with Crippen molar-refractivity contribution < 1.29 is 9.13 Å². The average molecular weight is 279 g/mol. The molecule has 0 bridgehead atoms. The number of nitrogens with one attached hydrogen (secondary N) is 1. The van der Waals surface area contributed by atoms with Crippen molar-refractivity contribution in [1.29, 1.82) is 0 Å². The van der Waals surface area contributed by atoms with Crippen LogP contribution >= 0.6 is 0 Å². The van der Waals surface area contributed by atoms with E-state index in [1.54, 1.807) is 13.0 Å². The van der Waals surface area contributed by atoms with Crippen LogP contribution in [-0.2, 0) is 0 Å². The molecule has 0 spiro atoms. The van der Waals surface area contributed by atoms with E-state index in [-0.39, 0.29) is 11.9 Å². The normalized spacial score (nSPS) is 23.4. The zero-order valence-electron chi connectivity index (χ0n) is 12.6. The summed E-state index contributed by atoms with van der Waals surface area (Å²) in [5, 5.41) is 3.59. The molecule has 0 amide bonds. The van der Waals surface area contributed by atoms with Gasteiger partial charge in [-0.2, -0.15) is 0 Å². The van der Waals surface area contributed by atoms with E-state index in [0.717, 1.165) is 25.8 Å². The fourth-order valence-electron chi connectivity index (χ4n) is 2.80. The topological polar surface area (TPSA) is 21.3 Å². The van der Waals surface area contributed by atoms with Crippen molar-refractivity contribution >= 4 is 0 Å². The lowest BCUT2D eigenvalue weighted by atomic mass is 10.1. The molecule has 2 nitrogen and oxygen atoms in total. The number of ether oxygens (including phenoxy) is 1. The second-order valence-electron chi connectivity index (χ2n) is 5.77. The Labute approximate surface area is 121 Å². The predicted molar refractivity (Wildman–Crippen MR) is 80.7 cm³/mol. The summed E-state index contributed by atoms with van der Waals surface area (Å²) in [6.45, 7) is 4.97. The number of halogens is 1. The molecule has 0 saturated heterocycles. The largest absolute Gasteiger partial charge is 0.489 e. The van der Waals surface area contributed by atoms with Crippen LogP contribution in [0.3, 0.4) is 0 Å². The van der Waals surface area contributed by atoms with Crippen LogP contribution in [-0.4, -0.2) is 18.7 Å². The molecular formula is C17H26FNO. The lowest BCUT2D eigenvalue weighted by Gasteiger charge is -2.27. The molecule has 0 radical (unpaired) electrons. The molecule has 0 aliphatic heterocycles. The zero-order valence-corrected chi connectivity index (χ0v) is 12.6. The zero-order chi connectivity index (χ0) is 14.4. The van der Waals surface area contributed by atoms with Gasteiger partial charge in [0.25, 0.3) is 0 Å².